The largest absolute Gasteiger partial charge is 0.453 e. The maximum Gasteiger partial charge on any atom is 0.407 e. The number of anilines is 4. The Bertz CT molecular complexity index is 1510. The molecule has 4 N–H and O–H groups in total. The van der Waals surface area contributed by atoms with Crippen LogP contribution in [0.15, 0.2) is 18.3 Å². The molecule has 1 amide bonds. The average Bonchev–Trinajstić information content (AvgIpc) is 3.66. The summed E-state index contributed by atoms with van der Waals surface area (Å²) < 4.78 is 6.25. The number of rotatable bonds is 8. The molecule has 40 heavy (non-hydrogen) atoms. The molecule has 0 radical (unpaired) electrons. The summed E-state index contributed by atoms with van der Waals surface area (Å²) >= 11 is 6.94. The van der Waals surface area contributed by atoms with Crippen LogP contribution in [0.4, 0.5) is 27.9 Å². The SMILES string of the molecule is COC(=O)N[C@H]1CCN(c2cc(C#N)cc(Nc3nc(NC4CC4)c4ncc(C#N)n4n3)c2Cl)C[C@H]1NC(C)C. The fourth-order valence-corrected chi connectivity index (χ4v) is 5.07. The third-order valence-corrected chi connectivity index (χ3v) is 7.21. The van der Waals surface area contributed by atoms with E-state index in [0.29, 0.717) is 59.0 Å². The molecular formula is C26H30ClN11O2. The number of fused-ring (bicyclic) bond motifs is 1. The Hall–Kier alpha value is -4.33. The lowest BCUT2D eigenvalue weighted by Gasteiger charge is -2.41. The number of piperidine rings is 1. The molecule has 1 saturated heterocycles. The molecule has 3 aromatic rings. The van der Waals surface area contributed by atoms with E-state index in [4.69, 9.17) is 16.3 Å². The zero-order valence-corrected chi connectivity index (χ0v) is 23.2. The number of amides is 1. The number of benzene rings is 1. The molecule has 208 valence electrons. The van der Waals surface area contributed by atoms with Gasteiger partial charge in [0.25, 0.3) is 0 Å². The van der Waals surface area contributed by atoms with E-state index in [2.05, 4.69) is 53.4 Å². The van der Waals surface area contributed by atoms with Crippen molar-refractivity contribution in [1.82, 2.24) is 30.2 Å². The third kappa shape index (κ3) is 5.81. The van der Waals surface area contributed by atoms with E-state index in [1.807, 2.05) is 13.8 Å². The predicted molar refractivity (Wildman–Crippen MR) is 150 cm³/mol. The molecular weight excluding hydrogens is 534 g/mol. The highest BCUT2D eigenvalue weighted by Gasteiger charge is 2.32. The van der Waals surface area contributed by atoms with Gasteiger partial charge in [-0.25, -0.2) is 9.78 Å². The number of nitrogens with zero attached hydrogens (tertiary/aromatic N) is 7. The van der Waals surface area contributed by atoms with Crippen molar-refractivity contribution in [3.05, 3.63) is 34.6 Å². The molecule has 2 atom stereocenters. The summed E-state index contributed by atoms with van der Waals surface area (Å²) in [7, 11) is 1.34. The smallest absolute Gasteiger partial charge is 0.407 e. The first-order chi connectivity index (χ1) is 19.3. The minimum atomic E-state index is -0.477. The zero-order chi connectivity index (χ0) is 28.4. The quantitative estimate of drug-likeness (QED) is 0.317. The molecule has 1 saturated carbocycles. The number of carbonyl (C=O) groups is 1. The zero-order valence-electron chi connectivity index (χ0n) is 22.4. The maximum absolute atomic E-state index is 11.9. The number of methoxy groups -OCH3 is 1. The summed E-state index contributed by atoms with van der Waals surface area (Å²) in [6.45, 7) is 5.22. The number of carbonyl (C=O) groups excluding carboxylic acids is 1. The van der Waals surface area contributed by atoms with Crippen molar-refractivity contribution in [3.8, 4) is 12.1 Å². The van der Waals surface area contributed by atoms with E-state index in [1.165, 1.54) is 17.8 Å². The average molecular weight is 564 g/mol. The normalized spacial score (nSPS) is 18.7. The van der Waals surface area contributed by atoms with Gasteiger partial charge in [-0.2, -0.15) is 20.0 Å². The molecule has 1 aliphatic heterocycles. The van der Waals surface area contributed by atoms with Crippen molar-refractivity contribution in [1.29, 1.82) is 10.5 Å². The molecule has 13 nitrogen and oxygen atoms in total. The molecule has 2 aromatic heterocycles. The highest BCUT2D eigenvalue weighted by atomic mass is 35.5. The van der Waals surface area contributed by atoms with Crippen molar-refractivity contribution < 1.29 is 9.53 Å². The fourth-order valence-electron chi connectivity index (χ4n) is 4.79. The van der Waals surface area contributed by atoms with Gasteiger partial charge in [0, 0.05) is 31.2 Å². The van der Waals surface area contributed by atoms with E-state index in [9.17, 15) is 15.3 Å². The van der Waals surface area contributed by atoms with Gasteiger partial charge in [0.05, 0.1) is 47.4 Å². The number of ether oxygens (including phenoxy) is 1. The minimum Gasteiger partial charge on any atom is -0.453 e. The number of alkyl carbamates (subject to hydrolysis) is 1. The van der Waals surface area contributed by atoms with Crippen LogP contribution in [0.5, 0.6) is 0 Å². The van der Waals surface area contributed by atoms with Gasteiger partial charge < -0.3 is 30.9 Å². The van der Waals surface area contributed by atoms with Crippen molar-refractivity contribution >= 4 is 46.5 Å². The minimum absolute atomic E-state index is 0.0847. The highest BCUT2D eigenvalue weighted by Crippen LogP contribution is 2.37. The van der Waals surface area contributed by atoms with Gasteiger partial charge in [-0.15, -0.1) is 5.10 Å². The number of halogens is 1. The highest BCUT2D eigenvalue weighted by molar-refractivity contribution is 6.36. The lowest BCUT2D eigenvalue weighted by atomic mass is 9.97. The van der Waals surface area contributed by atoms with Crippen LogP contribution in [0.3, 0.4) is 0 Å². The third-order valence-electron chi connectivity index (χ3n) is 6.81. The van der Waals surface area contributed by atoms with Gasteiger partial charge in [0.1, 0.15) is 6.07 Å². The van der Waals surface area contributed by atoms with Gasteiger partial charge >= 0.3 is 6.09 Å². The lowest BCUT2D eigenvalue weighted by molar-refractivity contribution is 0.160. The van der Waals surface area contributed by atoms with Crippen LogP contribution in [-0.4, -0.2) is 70.0 Å². The van der Waals surface area contributed by atoms with Gasteiger partial charge in [0.2, 0.25) is 5.95 Å². The Kier molecular flexibility index (Phi) is 7.78. The number of hydrogen-bond donors (Lipinski definition) is 4. The Balaban J connectivity index is 1.46. The molecule has 1 aliphatic carbocycles. The Morgan fingerprint density at radius 3 is 2.67 bits per heavy atom. The van der Waals surface area contributed by atoms with Crippen LogP contribution in [0, 0.1) is 22.7 Å². The molecule has 1 aromatic carbocycles. The van der Waals surface area contributed by atoms with E-state index in [-0.39, 0.29) is 29.8 Å². The second kappa shape index (κ2) is 11.4. The number of nitriles is 2. The van der Waals surface area contributed by atoms with Crippen LogP contribution in [0.25, 0.3) is 5.65 Å². The first-order valence-corrected chi connectivity index (χ1v) is 13.5. The number of nitrogens with one attached hydrogen (secondary N) is 4. The summed E-state index contributed by atoms with van der Waals surface area (Å²) in [6.07, 6.45) is 3.68. The summed E-state index contributed by atoms with van der Waals surface area (Å²) in [5.41, 5.74) is 2.26. The molecule has 5 rings (SSSR count). The maximum atomic E-state index is 11.9. The van der Waals surface area contributed by atoms with Gasteiger partial charge in [0.15, 0.2) is 17.2 Å². The van der Waals surface area contributed by atoms with Crippen LogP contribution >= 0.6 is 11.6 Å². The van der Waals surface area contributed by atoms with Crippen LogP contribution in [0.2, 0.25) is 5.02 Å². The Labute approximate surface area is 236 Å². The van der Waals surface area contributed by atoms with Crippen LogP contribution < -0.4 is 26.2 Å². The second-order valence-corrected chi connectivity index (χ2v) is 10.6. The van der Waals surface area contributed by atoms with Gasteiger partial charge in [-0.1, -0.05) is 25.4 Å². The standard InChI is InChI=1S/C26H30ClN11O2/c1-14(2)31-20-13-37(7-6-18(20)34-26(39)40-3)21-9-15(10-28)8-19(22(21)27)33-25-35-23(32-16-4-5-16)24-30-12-17(11-29)38(24)36-25/h8-9,12,14,16,18,20,31H,4-7,13H2,1-3H3,(H,34,39)(H2,32,33,35,36)/t18-,20+/m0/s1. The van der Waals surface area contributed by atoms with Crippen LogP contribution in [-0.2, 0) is 4.74 Å². The Morgan fingerprint density at radius 2 is 2.00 bits per heavy atom. The van der Waals surface area contributed by atoms with E-state index >= 15 is 0 Å². The number of hydrogen-bond acceptors (Lipinski definition) is 11. The first kappa shape index (κ1) is 27.2. The molecule has 2 aliphatic rings. The summed E-state index contributed by atoms with van der Waals surface area (Å²) in [5.74, 6) is 0.713. The van der Waals surface area contributed by atoms with Crippen LogP contribution in [0.1, 0.15) is 44.4 Å². The monoisotopic (exact) mass is 563 g/mol. The predicted octanol–water partition coefficient (Wildman–Crippen LogP) is 3.14. The van der Waals surface area contributed by atoms with Crippen molar-refractivity contribution in [2.75, 3.05) is 35.7 Å². The van der Waals surface area contributed by atoms with Crippen molar-refractivity contribution in [2.24, 2.45) is 0 Å². The van der Waals surface area contributed by atoms with Crippen molar-refractivity contribution in [3.63, 3.8) is 0 Å². The molecule has 0 spiro atoms. The second-order valence-electron chi connectivity index (χ2n) is 10.2. The fraction of sp³-hybridized carbons (Fsp3) is 0.462. The molecule has 0 bridgehead atoms. The first-order valence-electron chi connectivity index (χ1n) is 13.1. The topological polar surface area (TPSA) is 168 Å². The molecule has 14 heteroatoms. The molecule has 0 unspecified atom stereocenters. The lowest BCUT2D eigenvalue weighted by Crippen LogP contribution is -2.60. The van der Waals surface area contributed by atoms with E-state index in [1.54, 1.807) is 12.1 Å². The summed E-state index contributed by atoms with van der Waals surface area (Å²) in [4.78, 5) is 22.9. The van der Waals surface area contributed by atoms with E-state index < -0.39 is 6.09 Å². The number of aromatic nitrogens is 4. The summed E-state index contributed by atoms with van der Waals surface area (Å²) in [5, 5.41) is 37.1. The van der Waals surface area contributed by atoms with Gasteiger partial charge in [-0.3, -0.25) is 0 Å². The number of imidazole rings is 1. The molecule has 2 fully saturated rings. The molecule has 3 heterocycles. The Morgan fingerprint density at radius 1 is 1.20 bits per heavy atom. The van der Waals surface area contributed by atoms with Crippen molar-refractivity contribution in [2.45, 2.75) is 57.3 Å². The summed E-state index contributed by atoms with van der Waals surface area (Å²) in [6, 6.07) is 7.95. The van der Waals surface area contributed by atoms with Gasteiger partial charge in [-0.05, 0) is 31.4 Å². The van der Waals surface area contributed by atoms with E-state index in [0.717, 1.165) is 12.8 Å².